The maximum Gasteiger partial charge on any atom is 0.222 e. The van der Waals surface area contributed by atoms with E-state index < -0.39 is 0 Å². The first-order chi connectivity index (χ1) is 8.23. The standard InChI is InChI=1S/C15H32N2O/c1-7-12(2)17(6)14(18)9-8-13(10-11-16)15(3,4)5/h12-13H,7-11,16H2,1-6H3. The summed E-state index contributed by atoms with van der Waals surface area (Å²) in [4.78, 5) is 14.0. The summed E-state index contributed by atoms with van der Waals surface area (Å²) < 4.78 is 0. The van der Waals surface area contributed by atoms with Crippen molar-refractivity contribution in [2.75, 3.05) is 13.6 Å². The van der Waals surface area contributed by atoms with Crippen LogP contribution in [-0.4, -0.2) is 30.4 Å². The molecule has 3 nitrogen and oxygen atoms in total. The Morgan fingerprint density at radius 1 is 1.28 bits per heavy atom. The Morgan fingerprint density at radius 3 is 2.22 bits per heavy atom. The van der Waals surface area contributed by atoms with E-state index in [1.165, 1.54) is 0 Å². The van der Waals surface area contributed by atoms with Gasteiger partial charge in [-0.25, -0.2) is 0 Å². The van der Waals surface area contributed by atoms with Crippen molar-refractivity contribution in [3.05, 3.63) is 0 Å². The minimum atomic E-state index is 0.231. The molecule has 0 aliphatic rings. The minimum absolute atomic E-state index is 0.231. The first kappa shape index (κ1) is 17.4. The highest BCUT2D eigenvalue weighted by atomic mass is 16.2. The van der Waals surface area contributed by atoms with Crippen molar-refractivity contribution < 1.29 is 4.79 Å². The van der Waals surface area contributed by atoms with E-state index in [-0.39, 0.29) is 11.3 Å². The van der Waals surface area contributed by atoms with Crippen LogP contribution >= 0.6 is 0 Å². The lowest BCUT2D eigenvalue weighted by atomic mass is 9.76. The topological polar surface area (TPSA) is 46.3 Å². The van der Waals surface area contributed by atoms with Crippen molar-refractivity contribution in [3.63, 3.8) is 0 Å². The van der Waals surface area contributed by atoms with Gasteiger partial charge in [0.15, 0.2) is 0 Å². The van der Waals surface area contributed by atoms with E-state index in [0.717, 1.165) is 19.3 Å². The van der Waals surface area contributed by atoms with Gasteiger partial charge in [0, 0.05) is 19.5 Å². The second-order valence-electron chi connectivity index (χ2n) is 6.44. The molecule has 18 heavy (non-hydrogen) atoms. The summed E-state index contributed by atoms with van der Waals surface area (Å²) in [5.41, 5.74) is 5.90. The lowest BCUT2D eigenvalue weighted by Gasteiger charge is -2.31. The quantitative estimate of drug-likeness (QED) is 0.761. The van der Waals surface area contributed by atoms with Crippen molar-refractivity contribution >= 4 is 5.91 Å². The molecule has 2 unspecified atom stereocenters. The maximum absolute atomic E-state index is 12.1. The lowest BCUT2D eigenvalue weighted by molar-refractivity contribution is -0.132. The number of carbonyl (C=O) groups is 1. The van der Waals surface area contributed by atoms with Crippen LogP contribution < -0.4 is 5.73 Å². The molecule has 0 saturated carbocycles. The van der Waals surface area contributed by atoms with Gasteiger partial charge in [0.25, 0.3) is 0 Å². The van der Waals surface area contributed by atoms with Crippen LogP contribution in [-0.2, 0) is 4.79 Å². The SMILES string of the molecule is CCC(C)N(C)C(=O)CCC(CCN)C(C)(C)C. The summed E-state index contributed by atoms with van der Waals surface area (Å²) in [5.74, 6) is 0.785. The third-order valence-electron chi connectivity index (χ3n) is 4.09. The van der Waals surface area contributed by atoms with Crippen LogP contribution in [0.5, 0.6) is 0 Å². The van der Waals surface area contributed by atoms with Crippen LogP contribution in [0, 0.1) is 11.3 Å². The number of nitrogens with two attached hydrogens (primary N) is 1. The zero-order valence-electron chi connectivity index (χ0n) is 13.1. The molecular weight excluding hydrogens is 224 g/mol. The first-order valence-corrected chi connectivity index (χ1v) is 7.19. The van der Waals surface area contributed by atoms with Gasteiger partial charge in [0.05, 0.1) is 0 Å². The molecule has 0 heterocycles. The second-order valence-corrected chi connectivity index (χ2v) is 6.44. The Kier molecular flexibility index (Phi) is 7.53. The average molecular weight is 256 g/mol. The predicted molar refractivity (Wildman–Crippen MR) is 78.4 cm³/mol. The molecule has 108 valence electrons. The molecule has 0 aliphatic heterocycles. The zero-order chi connectivity index (χ0) is 14.3. The zero-order valence-corrected chi connectivity index (χ0v) is 13.1. The summed E-state index contributed by atoms with van der Waals surface area (Å²) in [6, 6.07) is 0.333. The third kappa shape index (κ3) is 5.85. The van der Waals surface area contributed by atoms with Crippen LogP contribution in [0.2, 0.25) is 0 Å². The lowest BCUT2D eigenvalue weighted by Crippen LogP contribution is -2.35. The molecule has 2 atom stereocenters. The molecule has 1 amide bonds. The van der Waals surface area contributed by atoms with Gasteiger partial charge in [0.2, 0.25) is 5.91 Å². The molecule has 0 bridgehead atoms. The van der Waals surface area contributed by atoms with Gasteiger partial charge in [-0.15, -0.1) is 0 Å². The molecule has 0 aromatic rings. The average Bonchev–Trinajstić information content (AvgIpc) is 2.30. The highest BCUT2D eigenvalue weighted by Crippen LogP contribution is 2.32. The Balaban J connectivity index is 4.31. The van der Waals surface area contributed by atoms with Crippen LogP contribution in [0.1, 0.15) is 60.3 Å². The Morgan fingerprint density at radius 2 is 1.83 bits per heavy atom. The van der Waals surface area contributed by atoms with Crippen LogP contribution in [0.3, 0.4) is 0 Å². The molecule has 0 fully saturated rings. The number of amides is 1. The Hall–Kier alpha value is -0.570. The van der Waals surface area contributed by atoms with Crippen molar-refractivity contribution in [2.24, 2.45) is 17.1 Å². The van der Waals surface area contributed by atoms with E-state index in [0.29, 0.717) is 24.9 Å². The molecule has 0 saturated heterocycles. The van der Waals surface area contributed by atoms with Gasteiger partial charge in [0.1, 0.15) is 0 Å². The van der Waals surface area contributed by atoms with Gasteiger partial charge in [-0.2, -0.15) is 0 Å². The molecule has 2 N–H and O–H groups in total. The summed E-state index contributed by atoms with van der Waals surface area (Å²) >= 11 is 0. The fraction of sp³-hybridized carbons (Fsp3) is 0.933. The number of nitrogens with zero attached hydrogens (tertiary/aromatic N) is 1. The van der Waals surface area contributed by atoms with E-state index >= 15 is 0 Å². The molecule has 0 aromatic heterocycles. The van der Waals surface area contributed by atoms with Gasteiger partial charge in [-0.3, -0.25) is 4.79 Å². The van der Waals surface area contributed by atoms with Crippen molar-refractivity contribution in [2.45, 2.75) is 66.3 Å². The van der Waals surface area contributed by atoms with Gasteiger partial charge < -0.3 is 10.6 Å². The van der Waals surface area contributed by atoms with Crippen LogP contribution in [0.4, 0.5) is 0 Å². The molecule has 0 spiro atoms. The Bertz CT molecular complexity index is 245. The van der Waals surface area contributed by atoms with Crippen molar-refractivity contribution in [3.8, 4) is 0 Å². The normalized spacial score (nSPS) is 15.3. The molecule has 0 aromatic carbocycles. The molecule has 0 rings (SSSR count). The Labute approximate surface area is 113 Å². The van der Waals surface area contributed by atoms with E-state index in [9.17, 15) is 4.79 Å². The van der Waals surface area contributed by atoms with Gasteiger partial charge in [-0.05, 0) is 44.1 Å². The third-order valence-corrected chi connectivity index (χ3v) is 4.09. The number of hydrogen-bond acceptors (Lipinski definition) is 2. The predicted octanol–water partition coefficient (Wildman–Crippen LogP) is 3.03. The number of hydrogen-bond donors (Lipinski definition) is 1. The summed E-state index contributed by atoms with van der Waals surface area (Å²) in [6.45, 7) is 11.6. The largest absolute Gasteiger partial charge is 0.343 e. The van der Waals surface area contributed by atoms with Crippen molar-refractivity contribution in [1.82, 2.24) is 4.90 Å². The number of rotatable bonds is 7. The summed E-state index contributed by atoms with van der Waals surface area (Å²) in [6.07, 6.45) is 3.60. The fourth-order valence-electron chi connectivity index (χ4n) is 2.21. The smallest absolute Gasteiger partial charge is 0.222 e. The van der Waals surface area contributed by atoms with Crippen LogP contribution in [0.15, 0.2) is 0 Å². The molecule has 3 heteroatoms. The second kappa shape index (κ2) is 7.78. The van der Waals surface area contributed by atoms with E-state index in [1.807, 2.05) is 11.9 Å². The van der Waals surface area contributed by atoms with Crippen molar-refractivity contribution in [1.29, 1.82) is 0 Å². The van der Waals surface area contributed by atoms with E-state index in [1.54, 1.807) is 0 Å². The van der Waals surface area contributed by atoms with Crippen LogP contribution in [0.25, 0.3) is 0 Å². The first-order valence-electron chi connectivity index (χ1n) is 7.19. The monoisotopic (exact) mass is 256 g/mol. The minimum Gasteiger partial charge on any atom is -0.343 e. The molecular formula is C15H32N2O. The van der Waals surface area contributed by atoms with Gasteiger partial charge >= 0.3 is 0 Å². The maximum atomic E-state index is 12.1. The molecule has 0 radical (unpaired) electrons. The summed E-state index contributed by atoms with van der Waals surface area (Å²) in [5, 5.41) is 0. The highest BCUT2D eigenvalue weighted by Gasteiger charge is 2.25. The van der Waals surface area contributed by atoms with Gasteiger partial charge in [-0.1, -0.05) is 27.7 Å². The summed E-state index contributed by atoms with van der Waals surface area (Å²) in [7, 11) is 1.91. The highest BCUT2D eigenvalue weighted by molar-refractivity contribution is 5.76. The number of carbonyl (C=O) groups excluding carboxylic acids is 1. The van der Waals surface area contributed by atoms with E-state index in [4.69, 9.17) is 5.73 Å². The molecule has 0 aliphatic carbocycles. The van der Waals surface area contributed by atoms with E-state index in [2.05, 4.69) is 34.6 Å². The fourth-order valence-corrected chi connectivity index (χ4v) is 2.21.